The van der Waals surface area contributed by atoms with Crippen molar-refractivity contribution in [3.05, 3.63) is 11.1 Å². The number of hydrogen-bond donors (Lipinski definition) is 2. The van der Waals surface area contributed by atoms with Crippen LogP contribution in [0.5, 0.6) is 0 Å². The molecule has 0 heterocycles. The molecular formula is C12H16O5. The highest BCUT2D eigenvalue weighted by Crippen LogP contribution is 2.33. The number of Topliss-reactive ketones (excluding diaryl/α,β-unsaturated/α-hetero) is 1. The van der Waals surface area contributed by atoms with Gasteiger partial charge in [0.05, 0.1) is 11.1 Å². The van der Waals surface area contributed by atoms with Crippen LogP contribution in [0.15, 0.2) is 11.1 Å². The highest BCUT2D eigenvalue weighted by Gasteiger charge is 2.30. The van der Waals surface area contributed by atoms with Crippen LogP contribution in [0.2, 0.25) is 0 Å². The standard InChI is InChI=1S/C12H16O5/c1-7(13)6-9(11(14)15)10(12(16)17)8-4-2-3-5-8/h8H,2-6H2,1H3,(H,14,15)(H,16,17)/b10-9+. The van der Waals surface area contributed by atoms with Crippen molar-refractivity contribution in [1.29, 1.82) is 0 Å². The molecule has 5 heteroatoms. The molecule has 94 valence electrons. The number of carbonyl (C=O) groups is 3. The van der Waals surface area contributed by atoms with Crippen LogP contribution in [0.4, 0.5) is 0 Å². The summed E-state index contributed by atoms with van der Waals surface area (Å²) in [6.45, 7) is 1.26. The van der Waals surface area contributed by atoms with Crippen molar-refractivity contribution in [2.45, 2.75) is 39.0 Å². The fourth-order valence-corrected chi connectivity index (χ4v) is 2.30. The maximum Gasteiger partial charge on any atom is 0.332 e. The maximum atomic E-state index is 11.2. The number of carbonyl (C=O) groups excluding carboxylic acids is 1. The van der Waals surface area contributed by atoms with Gasteiger partial charge in [-0.3, -0.25) is 4.79 Å². The predicted octanol–water partition coefficient (Wildman–Crippen LogP) is 1.62. The minimum absolute atomic E-state index is 0.0785. The van der Waals surface area contributed by atoms with E-state index in [1.165, 1.54) is 6.92 Å². The SMILES string of the molecule is CC(=O)C/C(C(=O)O)=C(\C(=O)O)C1CCCC1. The van der Waals surface area contributed by atoms with E-state index < -0.39 is 11.9 Å². The van der Waals surface area contributed by atoms with Crippen molar-refractivity contribution in [2.75, 3.05) is 0 Å². The fourth-order valence-electron chi connectivity index (χ4n) is 2.30. The lowest BCUT2D eigenvalue weighted by molar-refractivity contribution is -0.136. The van der Waals surface area contributed by atoms with E-state index in [4.69, 9.17) is 10.2 Å². The molecule has 0 amide bonds. The Kier molecular flexibility index (Phi) is 4.43. The molecule has 0 aromatic heterocycles. The van der Waals surface area contributed by atoms with Crippen molar-refractivity contribution in [3.8, 4) is 0 Å². The zero-order valence-corrected chi connectivity index (χ0v) is 9.73. The van der Waals surface area contributed by atoms with Crippen molar-refractivity contribution in [2.24, 2.45) is 5.92 Å². The Morgan fingerprint density at radius 3 is 1.94 bits per heavy atom. The summed E-state index contributed by atoms with van der Waals surface area (Å²) < 4.78 is 0. The van der Waals surface area contributed by atoms with E-state index in [-0.39, 0.29) is 29.3 Å². The number of ketones is 1. The number of hydrogen-bond acceptors (Lipinski definition) is 3. The average molecular weight is 240 g/mol. The first-order valence-corrected chi connectivity index (χ1v) is 5.62. The highest BCUT2D eigenvalue weighted by molar-refractivity contribution is 6.02. The first-order chi connectivity index (χ1) is 7.93. The lowest BCUT2D eigenvalue weighted by atomic mass is 9.90. The van der Waals surface area contributed by atoms with Crippen molar-refractivity contribution < 1.29 is 24.6 Å². The molecule has 0 aromatic rings. The van der Waals surface area contributed by atoms with Gasteiger partial charge in [0.25, 0.3) is 0 Å². The summed E-state index contributed by atoms with van der Waals surface area (Å²) in [5, 5.41) is 18.2. The predicted molar refractivity (Wildman–Crippen MR) is 59.6 cm³/mol. The van der Waals surface area contributed by atoms with Crippen LogP contribution in [0, 0.1) is 5.92 Å². The summed E-state index contributed by atoms with van der Waals surface area (Å²) in [7, 11) is 0. The van der Waals surface area contributed by atoms with Gasteiger partial charge >= 0.3 is 11.9 Å². The van der Waals surface area contributed by atoms with Crippen LogP contribution >= 0.6 is 0 Å². The Bertz CT molecular complexity index is 374. The molecule has 0 bridgehead atoms. The van der Waals surface area contributed by atoms with Gasteiger partial charge in [0, 0.05) is 6.42 Å². The maximum absolute atomic E-state index is 11.2. The molecule has 0 aromatic carbocycles. The zero-order chi connectivity index (χ0) is 13.0. The molecule has 0 atom stereocenters. The van der Waals surface area contributed by atoms with E-state index in [9.17, 15) is 14.4 Å². The Morgan fingerprint density at radius 2 is 1.59 bits per heavy atom. The Morgan fingerprint density at radius 1 is 1.06 bits per heavy atom. The van der Waals surface area contributed by atoms with Gasteiger partial charge in [0.2, 0.25) is 0 Å². The third kappa shape index (κ3) is 3.41. The van der Waals surface area contributed by atoms with Gasteiger partial charge in [-0.05, 0) is 25.7 Å². The lowest BCUT2D eigenvalue weighted by Crippen LogP contribution is -2.18. The van der Waals surface area contributed by atoms with Crippen molar-refractivity contribution in [3.63, 3.8) is 0 Å². The first-order valence-electron chi connectivity index (χ1n) is 5.62. The van der Waals surface area contributed by atoms with E-state index >= 15 is 0 Å². The van der Waals surface area contributed by atoms with Gasteiger partial charge in [-0.15, -0.1) is 0 Å². The zero-order valence-electron chi connectivity index (χ0n) is 9.73. The van der Waals surface area contributed by atoms with Crippen LogP contribution in [-0.2, 0) is 14.4 Å². The topological polar surface area (TPSA) is 91.7 Å². The molecule has 0 saturated heterocycles. The fraction of sp³-hybridized carbons (Fsp3) is 0.583. The van der Waals surface area contributed by atoms with Crippen molar-refractivity contribution >= 4 is 17.7 Å². The molecular weight excluding hydrogens is 224 g/mol. The van der Waals surface area contributed by atoms with Gasteiger partial charge in [0.1, 0.15) is 5.78 Å². The highest BCUT2D eigenvalue weighted by atomic mass is 16.4. The Labute approximate surface area is 99.1 Å². The molecule has 1 rings (SSSR count). The van der Waals surface area contributed by atoms with Crippen LogP contribution < -0.4 is 0 Å². The summed E-state index contributed by atoms with van der Waals surface area (Å²) in [5.74, 6) is -3.07. The largest absolute Gasteiger partial charge is 0.478 e. The van der Waals surface area contributed by atoms with Crippen molar-refractivity contribution in [1.82, 2.24) is 0 Å². The molecule has 0 aliphatic heterocycles. The van der Waals surface area contributed by atoms with E-state index in [1.54, 1.807) is 0 Å². The first kappa shape index (κ1) is 13.4. The quantitative estimate of drug-likeness (QED) is 0.712. The van der Waals surface area contributed by atoms with Crippen LogP contribution in [-0.4, -0.2) is 27.9 Å². The van der Waals surface area contributed by atoms with Crippen LogP contribution in [0.3, 0.4) is 0 Å². The molecule has 1 aliphatic carbocycles. The molecule has 5 nitrogen and oxygen atoms in total. The molecule has 1 fully saturated rings. The normalized spacial score (nSPS) is 17.7. The summed E-state index contributed by atoms with van der Waals surface area (Å²) in [4.78, 5) is 33.3. The van der Waals surface area contributed by atoms with Gasteiger partial charge in [-0.25, -0.2) is 9.59 Å². The molecule has 1 aliphatic rings. The summed E-state index contributed by atoms with van der Waals surface area (Å²) in [5.41, 5.74) is -0.331. The smallest absolute Gasteiger partial charge is 0.332 e. The summed E-state index contributed by atoms with van der Waals surface area (Å²) >= 11 is 0. The van der Waals surface area contributed by atoms with E-state index in [1.807, 2.05) is 0 Å². The molecule has 0 unspecified atom stereocenters. The second kappa shape index (κ2) is 5.61. The third-order valence-corrected chi connectivity index (χ3v) is 3.00. The minimum Gasteiger partial charge on any atom is -0.478 e. The minimum atomic E-state index is -1.30. The molecule has 2 N–H and O–H groups in total. The third-order valence-electron chi connectivity index (χ3n) is 3.00. The van der Waals surface area contributed by atoms with E-state index in [0.29, 0.717) is 12.8 Å². The second-order valence-corrected chi connectivity index (χ2v) is 4.36. The average Bonchev–Trinajstić information content (AvgIpc) is 2.68. The summed E-state index contributed by atoms with van der Waals surface area (Å²) in [6, 6.07) is 0. The van der Waals surface area contributed by atoms with Gasteiger partial charge in [-0.1, -0.05) is 12.8 Å². The Hall–Kier alpha value is -1.65. The van der Waals surface area contributed by atoms with Crippen LogP contribution in [0.1, 0.15) is 39.0 Å². The number of carboxylic acids is 2. The molecule has 0 radical (unpaired) electrons. The number of aliphatic carboxylic acids is 2. The van der Waals surface area contributed by atoms with Gasteiger partial charge in [0.15, 0.2) is 0 Å². The molecule has 1 saturated carbocycles. The molecule has 0 spiro atoms. The number of carboxylic acid groups (broad SMARTS) is 2. The van der Waals surface area contributed by atoms with Gasteiger partial charge < -0.3 is 10.2 Å². The number of rotatable bonds is 5. The monoisotopic (exact) mass is 240 g/mol. The summed E-state index contributed by atoms with van der Waals surface area (Å²) in [6.07, 6.45) is 2.89. The lowest BCUT2D eigenvalue weighted by Gasteiger charge is -2.13. The Balaban J connectivity index is 3.15. The molecule has 17 heavy (non-hydrogen) atoms. The van der Waals surface area contributed by atoms with Crippen LogP contribution in [0.25, 0.3) is 0 Å². The van der Waals surface area contributed by atoms with E-state index in [0.717, 1.165) is 12.8 Å². The van der Waals surface area contributed by atoms with E-state index in [2.05, 4.69) is 0 Å². The van der Waals surface area contributed by atoms with Gasteiger partial charge in [-0.2, -0.15) is 0 Å². The second-order valence-electron chi connectivity index (χ2n) is 4.36.